The van der Waals surface area contributed by atoms with Gasteiger partial charge in [-0.2, -0.15) is 5.26 Å². The number of nitrogens with zero attached hydrogens (tertiary/aromatic N) is 3. The molecule has 4 rings (SSSR count). The van der Waals surface area contributed by atoms with Crippen LogP contribution in [-0.4, -0.2) is 107 Å². The van der Waals surface area contributed by atoms with Crippen molar-refractivity contribution >= 4 is 17.7 Å². The Balaban J connectivity index is 1.18. The second-order valence-corrected chi connectivity index (χ2v) is 10.4. The maximum absolute atomic E-state index is 12.6. The Morgan fingerprint density at radius 2 is 1.86 bits per heavy atom. The number of likely N-dealkylation sites (tertiary alicyclic amines) is 2. The van der Waals surface area contributed by atoms with Crippen molar-refractivity contribution in [3.63, 3.8) is 0 Å². The standard InChI is InChI=1S/C23H35N5O7/c1-22(2)34-18-17(30)15(33-21(18)35-22)12-25-19(31)20(32)27-9-6-23(3,7-10-27)26-13-16(29)28-8-4-5-14(28)11-24/h14-15,17-18,21,26,30H,4-10,12-13H2,1-3H3,(H,25,31). The van der Waals surface area contributed by atoms with Crippen LogP contribution in [0.15, 0.2) is 0 Å². The zero-order valence-corrected chi connectivity index (χ0v) is 20.5. The lowest BCUT2D eigenvalue weighted by Gasteiger charge is -2.40. The maximum Gasteiger partial charge on any atom is 0.311 e. The van der Waals surface area contributed by atoms with E-state index in [4.69, 9.17) is 14.2 Å². The first-order valence-corrected chi connectivity index (χ1v) is 12.2. The van der Waals surface area contributed by atoms with E-state index < -0.39 is 42.2 Å². The summed E-state index contributed by atoms with van der Waals surface area (Å²) in [7, 11) is 0. The fraction of sp³-hybridized carbons (Fsp3) is 0.826. The molecule has 4 fully saturated rings. The van der Waals surface area contributed by atoms with Crippen molar-refractivity contribution in [1.29, 1.82) is 5.26 Å². The third-order valence-corrected chi connectivity index (χ3v) is 7.32. The molecular formula is C23H35N5O7. The van der Waals surface area contributed by atoms with Crippen molar-refractivity contribution in [2.45, 2.75) is 88.4 Å². The summed E-state index contributed by atoms with van der Waals surface area (Å²) in [6.45, 7) is 6.90. The molecule has 4 aliphatic rings. The van der Waals surface area contributed by atoms with Crippen LogP contribution in [0.1, 0.15) is 46.5 Å². The molecule has 4 saturated heterocycles. The van der Waals surface area contributed by atoms with Crippen molar-refractivity contribution in [3.8, 4) is 6.07 Å². The first-order valence-electron chi connectivity index (χ1n) is 12.2. The second-order valence-electron chi connectivity index (χ2n) is 10.4. The van der Waals surface area contributed by atoms with Crippen molar-refractivity contribution in [1.82, 2.24) is 20.4 Å². The van der Waals surface area contributed by atoms with Gasteiger partial charge in [-0.25, -0.2) is 0 Å². The number of carbonyl (C=O) groups excluding carboxylic acids is 3. The number of fused-ring (bicyclic) bond motifs is 1. The van der Waals surface area contributed by atoms with E-state index in [1.807, 2.05) is 6.92 Å². The molecule has 3 amide bonds. The highest BCUT2D eigenvalue weighted by molar-refractivity contribution is 6.35. The predicted octanol–water partition coefficient (Wildman–Crippen LogP) is -1.17. The summed E-state index contributed by atoms with van der Waals surface area (Å²) in [6.07, 6.45) is -0.353. The lowest BCUT2D eigenvalue weighted by atomic mass is 9.89. The minimum absolute atomic E-state index is 0.0404. The highest BCUT2D eigenvalue weighted by atomic mass is 16.8. The number of rotatable bonds is 5. The fourth-order valence-corrected chi connectivity index (χ4v) is 5.11. The summed E-state index contributed by atoms with van der Waals surface area (Å²) in [5, 5.41) is 25.4. The Bertz CT molecular complexity index is 882. The number of ether oxygens (including phenoxy) is 3. The van der Waals surface area contributed by atoms with Gasteiger partial charge in [-0.3, -0.25) is 14.4 Å². The normalized spacial score (nSPS) is 33.3. The summed E-state index contributed by atoms with van der Waals surface area (Å²) >= 11 is 0. The fourth-order valence-electron chi connectivity index (χ4n) is 5.11. The highest BCUT2D eigenvalue weighted by Crippen LogP contribution is 2.37. The molecule has 0 saturated carbocycles. The first-order chi connectivity index (χ1) is 16.5. The number of aliphatic hydroxyl groups is 1. The molecule has 194 valence electrons. The van der Waals surface area contributed by atoms with Crippen LogP contribution >= 0.6 is 0 Å². The number of nitriles is 1. The van der Waals surface area contributed by atoms with Crippen LogP contribution < -0.4 is 10.6 Å². The summed E-state index contributed by atoms with van der Waals surface area (Å²) in [4.78, 5) is 40.7. The van der Waals surface area contributed by atoms with E-state index >= 15 is 0 Å². The van der Waals surface area contributed by atoms with Crippen LogP contribution in [0.2, 0.25) is 0 Å². The first kappa shape index (κ1) is 25.8. The smallest absolute Gasteiger partial charge is 0.311 e. The van der Waals surface area contributed by atoms with Crippen LogP contribution in [0.25, 0.3) is 0 Å². The molecular weight excluding hydrogens is 458 g/mol. The zero-order chi connectivity index (χ0) is 25.4. The molecule has 0 aromatic rings. The lowest BCUT2D eigenvalue weighted by molar-refractivity contribution is -0.214. The summed E-state index contributed by atoms with van der Waals surface area (Å²) in [6, 6.07) is 1.83. The maximum atomic E-state index is 12.6. The van der Waals surface area contributed by atoms with Gasteiger partial charge in [0.25, 0.3) is 0 Å². The SMILES string of the molecule is CC1(NCC(=O)N2CCCC2C#N)CCN(C(=O)C(=O)NCC2OC3OC(C)(C)OC3C2O)CC1. The van der Waals surface area contributed by atoms with Crippen LogP contribution in [-0.2, 0) is 28.6 Å². The van der Waals surface area contributed by atoms with Crippen LogP contribution in [0.4, 0.5) is 0 Å². The van der Waals surface area contributed by atoms with Crippen LogP contribution in [0.5, 0.6) is 0 Å². The third kappa shape index (κ3) is 5.59. The molecule has 5 unspecified atom stereocenters. The van der Waals surface area contributed by atoms with Gasteiger partial charge in [0.15, 0.2) is 12.1 Å². The summed E-state index contributed by atoms with van der Waals surface area (Å²) < 4.78 is 16.8. The molecule has 5 atom stereocenters. The Hall–Kier alpha value is -2.30. The van der Waals surface area contributed by atoms with Gasteiger partial charge in [-0.1, -0.05) is 0 Å². The van der Waals surface area contributed by atoms with E-state index in [2.05, 4.69) is 16.7 Å². The molecule has 12 heteroatoms. The number of nitrogens with one attached hydrogen (secondary N) is 2. The van der Waals surface area contributed by atoms with Crippen LogP contribution in [0, 0.1) is 11.3 Å². The van der Waals surface area contributed by atoms with Gasteiger partial charge < -0.3 is 39.8 Å². The van der Waals surface area contributed by atoms with Gasteiger partial charge in [0.05, 0.1) is 12.6 Å². The van der Waals surface area contributed by atoms with E-state index in [1.54, 1.807) is 18.7 Å². The summed E-state index contributed by atoms with van der Waals surface area (Å²) in [5.41, 5.74) is -0.349. The van der Waals surface area contributed by atoms with Gasteiger partial charge in [-0.05, 0) is 46.5 Å². The molecule has 0 spiro atoms. The van der Waals surface area contributed by atoms with E-state index in [1.165, 1.54) is 4.90 Å². The topological polar surface area (TPSA) is 153 Å². The molecule has 12 nitrogen and oxygen atoms in total. The molecule has 4 aliphatic heterocycles. The average molecular weight is 494 g/mol. The van der Waals surface area contributed by atoms with E-state index in [-0.39, 0.29) is 30.6 Å². The summed E-state index contributed by atoms with van der Waals surface area (Å²) in [5.74, 6) is -2.34. The van der Waals surface area contributed by atoms with Gasteiger partial charge in [0, 0.05) is 31.7 Å². The lowest BCUT2D eigenvalue weighted by Crippen LogP contribution is -2.57. The molecule has 4 heterocycles. The Morgan fingerprint density at radius 1 is 1.14 bits per heavy atom. The number of piperidine rings is 1. The molecule has 0 aromatic carbocycles. The molecule has 0 aromatic heterocycles. The molecule has 0 aliphatic carbocycles. The minimum atomic E-state index is -0.981. The van der Waals surface area contributed by atoms with Crippen molar-refractivity contribution in [2.75, 3.05) is 32.7 Å². The van der Waals surface area contributed by atoms with E-state index in [0.29, 0.717) is 38.9 Å². The Morgan fingerprint density at radius 3 is 2.51 bits per heavy atom. The zero-order valence-electron chi connectivity index (χ0n) is 20.5. The van der Waals surface area contributed by atoms with Gasteiger partial charge in [0.2, 0.25) is 5.91 Å². The highest BCUT2D eigenvalue weighted by Gasteiger charge is 2.54. The van der Waals surface area contributed by atoms with Gasteiger partial charge in [0.1, 0.15) is 24.4 Å². The van der Waals surface area contributed by atoms with Crippen molar-refractivity contribution in [3.05, 3.63) is 0 Å². The third-order valence-electron chi connectivity index (χ3n) is 7.32. The van der Waals surface area contributed by atoms with Gasteiger partial charge in [-0.15, -0.1) is 0 Å². The van der Waals surface area contributed by atoms with Crippen molar-refractivity contribution in [2.24, 2.45) is 0 Å². The second kappa shape index (κ2) is 9.99. The number of hydrogen-bond acceptors (Lipinski definition) is 9. The van der Waals surface area contributed by atoms with Gasteiger partial charge >= 0.3 is 11.8 Å². The van der Waals surface area contributed by atoms with Crippen LogP contribution in [0.3, 0.4) is 0 Å². The molecule has 0 radical (unpaired) electrons. The number of aliphatic hydroxyl groups excluding tert-OH is 1. The molecule has 0 bridgehead atoms. The minimum Gasteiger partial charge on any atom is -0.387 e. The molecule has 35 heavy (non-hydrogen) atoms. The predicted molar refractivity (Wildman–Crippen MR) is 120 cm³/mol. The number of carbonyl (C=O) groups is 3. The Kier molecular flexibility index (Phi) is 7.36. The van der Waals surface area contributed by atoms with Crippen molar-refractivity contribution < 1.29 is 33.7 Å². The Labute approximate surface area is 204 Å². The van der Waals surface area contributed by atoms with E-state index in [9.17, 15) is 24.8 Å². The number of amides is 3. The number of hydrogen-bond donors (Lipinski definition) is 3. The quantitative estimate of drug-likeness (QED) is 0.402. The molecule has 3 N–H and O–H groups in total. The van der Waals surface area contributed by atoms with E-state index in [0.717, 1.165) is 6.42 Å². The largest absolute Gasteiger partial charge is 0.387 e. The monoisotopic (exact) mass is 493 g/mol. The average Bonchev–Trinajstić information content (AvgIpc) is 3.49.